The fourth-order valence-corrected chi connectivity index (χ4v) is 1.70. The van der Waals surface area contributed by atoms with Crippen LogP contribution in [0.5, 0.6) is 0 Å². The van der Waals surface area contributed by atoms with E-state index < -0.39 is 0 Å². The van der Waals surface area contributed by atoms with E-state index in [2.05, 4.69) is 10.3 Å². The Bertz CT molecular complexity index is 579. The third kappa shape index (κ3) is 2.87. The van der Waals surface area contributed by atoms with Gasteiger partial charge in [-0.3, -0.25) is 9.78 Å². The van der Waals surface area contributed by atoms with Gasteiger partial charge in [0.1, 0.15) is 0 Å². The Hall–Kier alpha value is -1.87. The topological polar surface area (TPSA) is 42.0 Å². The molecule has 1 heterocycles. The molecule has 3 nitrogen and oxygen atoms in total. The van der Waals surface area contributed by atoms with Crippen molar-refractivity contribution in [1.82, 2.24) is 4.98 Å². The summed E-state index contributed by atoms with van der Waals surface area (Å²) in [7, 11) is 0. The molecule has 0 atom stereocenters. The third-order valence-electron chi connectivity index (χ3n) is 2.62. The summed E-state index contributed by atoms with van der Waals surface area (Å²) >= 11 is 5.90. The van der Waals surface area contributed by atoms with E-state index in [0.29, 0.717) is 16.3 Å². The zero-order valence-corrected chi connectivity index (χ0v) is 11.0. The molecule has 0 saturated heterocycles. The lowest BCUT2D eigenvalue weighted by molar-refractivity contribution is 0.102. The van der Waals surface area contributed by atoms with Crippen LogP contribution in [0.1, 0.15) is 21.6 Å². The first-order valence-corrected chi connectivity index (χ1v) is 5.94. The van der Waals surface area contributed by atoms with Crippen molar-refractivity contribution in [2.75, 3.05) is 5.32 Å². The number of aryl methyl sites for hydroxylation is 2. The van der Waals surface area contributed by atoms with Gasteiger partial charge in [-0.25, -0.2) is 0 Å². The number of nitrogens with one attached hydrogen (secondary N) is 1. The monoisotopic (exact) mass is 260 g/mol. The number of carbonyl (C=O) groups is 1. The summed E-state index contributed by atoms with van der Waals surface area (Å²) in [5, 5.41) is 3.42. The van der Waals surface area contributed by atoms with Gasteiger partial charge in [0.05, 0.1) is 5.56 Å². The molecule has 0 radical (unpaired) electrons. The third-order valence-corrected chi connectivity index (χ3v) is 2.86. The fraction of sp³-hybridized carbons (Fsp3) is 0.143. The summed E-state index contributed by atoms with van der Waals surface area (Å²) in [5.74, 6) is -0.187. The van der Waals surface area contributed by atoms with Crippen molar-refractivity contribution >= 4 is 23.2 Å². The Morgan fingerprint density at radius 3 is 2.67 bits per heavy atom. The minimum atomic E-state index is -0.187. The predicted octanol–water partition coefficient (Wildman–Crippen LogP) is 3.60. The molecule has 0 aliphatic rings. The number of hydrogen-bond acceptors (Lipinski definition) is 2. The van der Waals surface area contributed by atoms with E-state index in [0.717, 1.165) is 11.3 Å². The average Bonchev–Trinajstić information content (AvgIpc) is 2.34. The summed E-state index contributed by atoms with van der Waals surface area (Å²) in [5.41, 5.74) is 3.09. The minimum Gasteiger partial charge on any atom is -0.322 e. The molecular weight excluding hydrogens is 248 g/mol. The molecule has 0 unspecified atom stereocenters. The van der Waals surface area contributed by atoms with E-state index in [1.54, 1.807) is 30.5 Å². The van der Waals surface area contributed by atoms with Gasteiger partial charge in [0, 0.05) is 22.6 Å². The second kappa shape index (κ2) is 5.19. The second-order valence-corrected chi connectivity index (χ2v) is 4.54. The van der Waals surface area contributed by atoms with E-state index in [1.165, 1.54) is 0 Å². The summed E-state index contributed by atoms with van der Waals surface area (Å²) < 4.78 is 0. The maximum absolute atomic E-state index is 12.0. The lowest BCUT2D eigenvalue weighted by Gasteiger charge is -2.08. The highest BCUT2D eigenvalue weighted by molar-refractivity contribution is 6.31. The van der Waals surface area contributed by atoms with E-state index in [1.807, 2.05) is 19.9 Å². The SMILES string of the molecule is Cc1ccc(C(=O)Nc2cc(Cl)ccc2C)cn1. The van der Waals surface area contributed by atoms with E-state index in [-0.39, 0.29) is 5.91 Å². The normalized spacial score (nSPS) is 10.2. The molecule has 1 aromatic carbocycles. The van der Waals surface area contributed by atoms with Crippen molar-refractivity contribution in [3.8, 4) is 0 Å². The van der Waals surface area contributed by atoms with Crippen LogP contribution < -0.4 is 5.32 Å². The van der Waals surface area contributed by atoms with Gasteiger partial charge < -0.3 is 5.32 Å². The lowest BCUT2D eigenvalue weighted by Crippen LogP contribution is -2.13. The van der Waals surface area contributed by atoms with E-state index >= 15 is 0 Å². The van der Waals surface area contributed by atoms with Crippen molar-refractivity contribution in [3.05, 3.63) is 58.4 Å². The number of amides is 1. The largest absolute Gasteiger partial charge is 0.322 e. The van der Waals surface area contributed by atoms with Crippen molar-refractivity contribution in [2.24, 2.45) is 0 Å². The van der Waals surface area contributed by atoms with Crippen LogP contribution in [0.25, 0.3) is 0 Å². The minimum absolute atomic E-state index is 0.187. The first-order chi connectivity index (χ1) is 8.56. The molecular formula is C14H13ClN2O. The predicted molar refractivity (Wildman–Crippen MR) is 73.1 cm³/mol. The quantitative estimate of drug-likeness (QED) is 0.896. The molecule has 0 aliphatic carbocycles. The molecule has 1 aromatic heterocycles. The molecule has 2 aromatic rings. The molecule has 18 heavy (non-hydrogen) atoms. The van der Waals surface area contributed by atoms with Crippen molar-refractivity contribution < 1.29 is 4.79 Å². The second-order valence-electron chi connectivity index (χ2n) is 4.10. The van der Waals surface area contributed by atoms with Crippen LogP contribution >= 0.6 is 11.6 Å². The highest BCUT2D eigenvalue weighted by Gasteiger charge is 2.08. The van der Waals surface area contributed by atoms with Crippen LogP contribution in [0.4, 0.5) is 5.69 Å². The summed E-state index contributed by atoms with van der Waals surface area (Å²) in [6, 6.07) is 8.94. The molecule has 4 heteroatoms. The highest BCUT2D eigenvalue weighted by Crippen LogP contribution is 2.20. The first-order valence-electron chi connectivity index (χ1n) is 5.56. The number of pyridine rings is 1. The molecule has 0 saturated carbocycles. The van der Waals surface area contributed by atoms with Gasteiger partial charge in [0.2, 0.25) is 0 Å². The average molecular weight is 261 g/mol. The summed E-state index contributed by atoms with van der Waals surface area (Å²) in [6.07, 6.45) is 1.56. The Morgan fingerprint density at radius 1 is 1.22 bits per heavy atom. The van der Waals surface area contributed by atoms with Gasteiger partial charge in [0.15, 0.2) is 0 Å². The van der Waals surface area contributed by atoms with Crippen LogP contribution in [-0.2, 0) is 0 Å². The number of aromatic nitrogens is 1. The number of hydrogen-bond donors (Lipinski definition) is 1. The Morgan fingerprint density at radius 2 is 2.00 bits per heavy atom. The fourth-order valence-electron chi connectivity index (χ4n) is 1.53. The maximum atomic E-state index is 12.0. The standard InChI is InChI=1S/C14H13ClN2O/c1-9-3-6-12(15)7-13(9)17-14(18)11-5-4-10(2)16-8-11/h3-8H,1-2H3,(H,17,18). The number of anilines is 1. The zero-order chi connectivity index (χ0) is 13.1. The van der Waals surface area contributed by atoms with Crippen molar-refractivity contribution in [1.29, 1.82) is 0 Å². The summed E-state index contributed by atoms with van der Waals surface area (Å²) in [6.45, 7) is 3.79. The number of rotatable bonds is 2. The van der Waals surface area contributed by atoms with Gasteiger partial charge in [-0.1, -0.05) is 17.7 Å². The Kier molecular flexibility index (Phi) is 3.63. The van der Waals surface area contributed by atoms with Gasteiger partial charge in [-0.2, -0.15) is 0 Å². The Balaban J connectivity index is 2.21. The number of halogens is 1. The highest BCUT2D eigenvalue weighted by atomic mass is 35.5. The molecule has 92 valence electrons. The number of carbonyl (C=O) groups excluding carboxylic acids is 1. The van der Waals surface area contributed by atoms with Crippen LogP contribution in [0.2, 0.25) is 5.02 Å². The maximum Gasteiger partial charge on any atom is 0.257 e. The van der Waals surface area contributed by atoms with Gasteiger partial charge in [0.25, 0.3) is 5.91 Å². The van der Waals surface area contributed by atoms with Gasteiger partial charge in [-0.05, 0) is 43.7 Å². The van der Waals surface area contributed by atoms with Crippen molar-refractivity contribution in [3.63, 3.8) is 0 Å². The smallest absolute Gasteiger partial charge is 0.257 e. The molecule has 2 rings (SSSR count). The first kappa shape index (κ1) is 12.6. The molecule has 0 fully saturated rings. The number of benzene rings is 1. The zero-order valence-electron chi connectivity index (χ0n) is 10.2. The van der Waals surface area contributed by atoms with Gasteiger partial charge >= 0.3 is 0 Å². The Labute approximate surface area is 111 Å². The van der Waals surface area contributed by atoms with Crippen LogP contribution in [0, 0.1) is 13.8 Å². The molecule has 1 amide bonds. The van der Waals surface area contributed by atoms with Crippen LogP contribution in [0.3, 0.4) is 0 Å². The van der Waals surface area contributed by atoms with Crippen LogP contribution in [-0.4, -0.2) is 10.9 Å². The number of nitrogens with zero attached hydrogens (tertiary/aromatic N) is 1. The molecule has 0 spiro atoms. The molecule has 0 aliphatic heterocycles. The van der Waals surface area contributed by atoms with E-state index in [9.17, 15) is 4.79 Å². The summed E-state index contributed by atoms with van der Waals surface area (Å²) in [4.78, 5) is 16.1. The van der Waals surface area contributed by atoms with Crippen LogP contribution in [0.15, 0.2) is 36.5 Å². The van der Waals surface area contributed by atoms with Gasteiger partial charge in [-0.15, -0.1) is 0 Å². The van der Waals surface area contributed by atoms with E-state index in [4.69, 9.17) is 11.6 Å². The molecule has 1 N–H and O–H groups in total. The lowest BCUT2D eigenvalue weighted by atomic mass is 10.2. The molecule has 0 bridgehead atoms. The van der Waals surface area contributed by atoms with Crippen molar-refractivity contribution in [2.45, 2.75) is 13.8 Å².